The van der Waals surface area contributed by atoms with Crippen LogP contribution in [0.25, 0.3) is 0 Å². The molecule has 0 heterocycles. The topological polar surface area (TPSA) is 38.0 Å². The maximum absolute atomic E-state index is 5.52. The van der Waals surface area contributed by atoms with Gasteiger partial charge in [0.2, 0.25) is 0 Å². The first-order valence-electron chi connectivity index (χ1n) is 4.54. The maximum Gasteiger partial charge on any atom is 0.0287 e. The Morgan fingerprint density at radius 1 is 1.45 bits per heavy atom. The summed E-state index contributed by atoms with van der Waals surface area (Å²) in [4.78, 5) is 0. The van der Waals surface area contributed by atoms with Crippen LogP contribution >= 0.6 is 0 Å². The highest BCUT2D eigenvalue weighted by Gasteiger charge is 2.35. The second-order valence-electron chi connectivity index (χ2n) is 4.50. The molecule has 0 aliphatic heterocycles. The number of hydrazine groups is 1. The summed E-state index contributed by atoms with van der Waals surface area (Å²) in [7, 11) is 0. The van der Waals surface area contributed by atoms with Crippen LogP contribution < -0.4 is 11.3 Å². The predicted octanol–water partition coefficient (Wildman–Crippen LogP) is 1.66. The molecule has 0 aromatic carbocycles. The molecule has 1 rings (SSSR count). The largest absolute Gasteiger partial charge is 0.271 e. The highest BCUT2D eigenvalue weighted by molar-refractivity contribution is 4.90. The lowest BCUT2D eigenvalue weighted by Gasteiger charge is -2.42. The third-order valence-electron chi connectivity index (χ3n) is 3.07. The maximum atomic E-state index is 5.52. The molecular formula is C9H20N2. The van der Waals surface area contributed by atoms with E-state index in [0.29, 0.717) is 11.5 Å². The van der Waals surface area contributed by atoms with Crippen molar-refractivity contribution in [3.05, 3.63) is 0 Å². The van der Waals surface area contributed by atoms with E-state index in [0.717, 1.165) is 5.92 Å². The normalized spacial score (nSPS) is 37.1. The summed E-state index contributed by atoms with van der Waals surface area (Å²) in [5.74, 6) is 6.24. The van der Waals surface area contributed by atoms with Crippen molar-refractivity contribution in [2.75, 3.05) is 0 Å². The molecule has 0 aromatic rings. The third kappa shape index (κ3) is 1.74. The molecule has 0 radical (unpaired) electrons. The van der Waals surface area contributed by atoms with E-state index in [1.807, 2.05) is 0 Å². The minimum atomic E-state index is 0.381. The van der Waals surface area contributed by atoms with Crippen molar-refractivity contribution in [1.29, 1.82) is 0 Å². The van der Waals surface area contributed by atoms with Gasteiger partial charge in [-0.1, -0.05) is 27.2 Å². The lowest BCUT2D eigenvalue weighted by Crippen LogP contribution is -2.51. The molecule has 0 bridgehead atoms. The average Bonchev–Trinajstić information content (AvgIpc) is 1.86. The zero-order chi connectivity index (χ0) is 8.48. The van der Waals surface area contributed by atoms with Gasteiger partial charge in [-0.2, -0.15) is 0 Å². The molecule has 0 unspecified atom stereocenters. The highest BCUT2D eigenvalue weighted by atomic mass is 15.2. The third-order valence-corrected chi connectivity index (χ3v) is 3.07. The Morgan fingerprint density at radius 3 is 2.45 bits per heavy atom. The molecule has 1 saturated carbocycles. The van der Waals surface area contributed by atoms with Crippen LogP contribution in [-0.4, -0.2) is 6.04 Å². The van der Waals surface area contributed by atoms with E-state index < -0.39 is 0 Å². The van der Waals surface area contributed by atoms with E-state index in [1.165, 1.54) is 19.3 Å². The van der Waals surface area contributed by atoms with Crippen LogP contribution in [0.1, 0.15) is 40.0 Å². The van der Waals surface area contributed by atoms with Crippen molar-refractivity contribution in [3.63, 3.8) is 0 Å². The zero-order valence-corrected chi connectivity index (χ0v) is 7.85. The number of hydrogen-bond donors (Lipinski definition) is 2. The summed E-state index contributed by atoms with van der Waals surface area (Å²) in [6.45, 7) is 6.88. The van der Waals surface area contributed by atoms with Crippen molar-refractivity contribution in [1.82, 2.24) is 5.43 Å². The number of hydrogen-bond acceptors (Lipinski definition) is 2. The Labute approximate surface area is 69.5 Å². The molecule has 0 aromatic heterocycles. The summed E-state index contributed by atoms with van der Waals surface area (Å²) < 4.78 is 0. The standard InChI is InChI=1S/C9H20N2/c1-7-5-4-6-9(2,3)8(7)11-10/h7-8,11H,4-6,10H2,1-3H3/t7-,8-/m0/s1. The minimum Gasteiger partial charge on any atom is -0.271 e. The fourth-order valence-corrected chi connectivity index (χ4v) is 2.36. The lowest BCUT2D eigenvalue weighted by atomic mass is 9.69. The summed E-state index contributed by atoms with van der Waals surface area (Å²) >= 11 is 0. The van der Waals surface area contributed by atoms with Gasteiger partial charge in [-0.05, 0) is 24.2 Å². The fraction of sp³-hybridized carbons (Fsp3) is 1.00. The Morgan fingerprint density at radius 2 is 2.09 bits per heavy atom. The van der Waals surface area contributed by atoms with Gasteiger partial charge in [0.1, 0.15) is 0 Å². The molecular weight excluding hydrogens is 136 g/mol. The molecule has 2 atom stereocenters. The van der Waals surface area contributed by atoms with Gasteiger partial charge >= 0.3 is 0 Å². The molecule has 11 heavy (non-hydrogen) atoms. The summed E-state index contributed by atoms with van der Waals surface area (Å²) in [5.41, 5.74) is 3.33. The van der Waals surface area contributed by atoms with Crippen molar-refractivity contribution >= 4 is 0 Å². The van der Waals surface area contributed by atoms with Crippen LogP contribution in [0.5, 0.6) is 0 Å². The molecule has 2 heteroatoms. The smallest absolute Gasteiger partial charge is 0.0287 e. The van der Waals surface area contributed by atoms with Gasteiger partial charge in [-0.3, -0.25) is 11.3 Å². The van der Waals surface area contributed by atoms with E-state index >= 15 is 0 Å². The monoisotopic (exact) mass is 156 g/mol. The number of rotatable bonds is 1. The SMILES string of the molecule is C[C@H]1CCCC(C)(C)[C@H]1NN. The number of nitrogens with two attached hydrogens (primary N) is 1. The zero-order valence-electron chi connectivity index (χ0n) is 7.85. The van der Waals surface area contributed by atoms with Crippen LogP contribution in [0, 0.1) is 11.3 Å². The van der Waals surface area contributed by atoms with Crippen molar-refractivity contribution in [3.8, 4) is 0 Å². The van der Waals surface area contributed by atoms with E-state index in [1.54, 1.807) is 0 Å². The van der Waals surface area contributed by atoms with E-state index in [-0.39, 0.29) is 0 Å². The summed E-state index contributed by atoms with van der Waals surface area (Å²) in [6.07, 6.45) is 3.97. The van der Waals surface area contributed by atoms with Crippen LogP contribution in [0.4, 0.5) is 0 Å². The van der Waals surface area contributed by atoms with Crippen LogP contribution in [0.2, 0.25) is 0 Å². The minimum absolute atomic E-state index is 0.381. The highest BCUT2D eigenvalue weighted by Crippen LogP contribution is 2.38. The van der Waals surface area contributed by atoms with Gasteiger partial charge in [-0.15, -0.1) is 0 Å². The van der Waals surface area contributed by atoms with Gasteiger partial charge in [-0.25, -0.2) is 0 Å². The van der Waals surface area contributed by atoms with Crippen LogP contribution in [-0.2, 0) is 0 Å². The van der Waals surface area contributed by atoms with Crippen molar-refractivity contribution in [2.24, 2.45) is 17.2 Å². The van der Waals surface area contributed by atoms with E-state index in [9.17, 15) is 0 Å². The molecule has 0 saturated heterocycles. The Kier molecular flexibility index (Phi) is 2.55. The molecule has 1 fully saturated rings. The fourth-order valence-electron chi connectivity index (χ4n) is 2.36. The Balaban J connectivity index is 2.64. The van der Waals surface area contributed by atoms with Gasteiger partial charge in [0, 0.05) is 6.04 Å². The second-order valence-corrected chi connectivity index (χ2v) is 4.50. The van der Waals surface area contributed by atoms with Crippen molar-refractivity contribution < 1.29 is 0 Å². The average molecular weight is 156 g/mol. The van der Waals surface area contributed by atoms with Gasteiger partial charge < -0.3 is 0 Å². The molecule has 1 aliphatic rings. The quantitative estimate of drug-likeness (QED) is 0.447. The first-order valence-corrected chi connectivity index (χ1v) is 4.54. The predicted molar refractivity (Wildman–Crippen MR) is 47.9 cm³/mol. The molecule has 0 amide bonds. The van der Waals surface area contributed by atoms with Gasteiger partial charge in [0.15, 0.2) is 0 Å². The molecule has 3 N–H and O–H groups in total. The molecule has 1 aliphatic carbocycles. The van der Waals surface area contributed by atoms with E-state index in [2.05, 4.69) is 26.2 Å². The first-order chi connectivity index (χ1) is 5.08. The van der Waals surface area contributed by atoms with Crippen molar-refractivity contribution in [2.45, 2.75) is 46.1 Å². The Bertz CT molecular complexity index is 132. The first kappa shape index (κ1) is 9.01. The number of nitrogens with one attached hydrogen (secondary N) is 1. The summed E-state index contributed by atoms with van der Waals surface area (Å²) in [5, 5.41) is 0. The summed E-state index contributed by atoms with van der Waals surface area (Å²) in [6, 6.07) is 0.497. The van der Waals surface area contributed by atoms with E-state index in [4.69, 9.17) is 5.84 Å². The molecule has 66 valence electrons. The van der Waals surface area contributed by atoms with Crippen LogP contribution in [0.3, 0.4) is 0 Å². The molecule has 2 nitrogen and oxygen atoms in total. The second kappa shape index (κ2) is 3.11. The van der Waals surface area contributed by atoms with Gasteiger partial charge in [0.25, 0.3) is 0 Å². The molecule has 0 spiro atoms. The Hall–Kier alpha value is -0.0800. The van der Waals surface area contributed by atoms with Gasteiger partial charge in [0.05, 0.1) is 0 Å². The van der Waals surface area contributed by atoms with Crippen LogP contribution in [0.15, 0.2) is 0 Å². The lowest BCUT2D eigenvalue weighted by molar-refractivity contribution is 0.118.